The van der Waals surface area contributed by atoms with Gasteiger partial charge in [0.25, 0.3) is 0 Å². The van der Waals surface area contributed by atoms with Crippen molar-refractivity contribution < 1.29 is 71.2 Å². The molecule has 0 radical (unpaired) electrons. The second-order valence-electron chi connectivity index (χ2n) is 18.3. The molecule has 0 aromatic heterocycles. The highest BCUT2D eigenvalue weighted by Crippen LogP contribution is 2.39. The molecule has 0 bridgehead atoms. The zero-order valence-corrected chi connectivity index (χ0v) is 43.0. The van der Waals surface area contributed by atoms with Gasteiger partial charge in [-0.15, -0.1) is 6.58 Å². The predicted octanol–water partition coefficient (Wildman–Crippen LogP) is 9.82. The number of ether oxygens (including phenoxy) is 12. The van der Waals surface area contributed by atoms with Crippen LogP contribution in [0.25, 0.3) is 0 Å². The minimum Gasteiger partial charge on any atom is -0.457 e. The number of hydrogen-bond donors (Lipinski definition) is 0. The second kappa shape index (κ2) is 30.3. The van der Waals surface area contributed by atoms with Crippen LogP contribution in [0, 0.1) is 0 Å². The molecule has 7 rings (SSSR count). The fourth-order valence-corrected chi connectivity index (χ4v) is 9.06. The standard InChI is InChI=1S/C60H70O15/c1-5-7-23-35-66-60(63)75-56-53(65-34-6-2)52(69-39-47-30-19-11-20-31-47)54(70-40-48-32-21-12-22-33-48)55(71-42(3)61)57(56)74-59-58(72-43(4)62)51(68-38-46-28-17-10-18-29-46)50(67-37-45-26-15-9-16-27-45)49(73-59)41-64-36-44-24-13-8-14-25-44/h6,8-22,24-33,49-59H,2,5,7,23,34-41H2,1,3-4H3/t49-,50-,51+,52+,53+,54-,55+,56-,57+,58+,59-/m1/s1. The minimum absolute atomic E-state index is 0.0347. The normalized spacial score (nSPS) is 24.4. The molecule has 1 aliphatic carbocycles. The summed E-state index contributed by atoms with van der Waals surface area (Å²) in [5.74, 6) is -1.39. The summed E-state index contributed by atoms with van der Waals surface area (Å²) in [6.45, 7) is 8.99. The van der Waals surface area contributed by atoms with Crippen LogP contribution < -0.4 is 0 Å². The van der Waals surface area contributed by atoms with E-state index in [4.69, 9.17) is 56.8 Å². The lowest BCUT2D eigenvalue weighted by Gasteiger charge is -2.51. The third-order valence-electron chi connectivity index (χ3n) is 12.6. The van der Waals surface area contributed by atoms with Gasteiger partial charge in [0.1, 0.15) is 42.7 Å². The molecule has 0 spiro atoms. The summed E-state index contributed by atoms with van der Waals surface area (Å²) in [7, 11) is 0. The van der Waals surface area contributed by atoms with Crippen LogP contribution in [0.15, 0.2) is 164 Å². The summed E-state index contributed by atoms with van der Waals surface area (Å²) in [5.41, 5.74) is 4.25. The molecular weight excluding hydrogens is 961 g/mol. The average molecular weight is 1030 g/mol. The topological polar surface area (TPSA) is 162 Å². The van der Waals surface area contributed by atoms with Crippen LogP contribution in [0.4, 0.5) is 4.79 Å². The van der Waals surface area contributed by atoms with Crippen LogP contribution >= 0.6 is 0 Å². The number of carbonyl (C=O) groups is 3. The Balaban J connectivity index is 1.34. The first-order valence-corrected chi connectivity index (χ1v) is 25.7. The number of hydrogen-bond acceptors (Lipinski definition) is 15. The van der Waals surface area contributed by atoms with E-state index < -0.39 is 85.4 Å². The van der Waals surface area contributed by atoms with Gasteiger partial charge in [-0.1, -0.05) is 178 Å². The van der Waals surface area contributed by atoms with Crippen molar-refractivity contribution in [2.75, 3.05) is 19.8 Å². The Labute approximate surface area is 440 Å². The highest BCUT2D eigenvalue weighted by atomic mass is 16.8. The molecule has 0 amide bonds. The molecule has 75 heavy (non-hydrogen) atoms. The molecule has 400 valence electrons. The fraction of sp³-hybridized carbons (Fsp3) is 0.417. The Kier molecular flexibility index (Phi) is 22.8. The van der Waals surface area contributed by atoms with Gasteiger partial charge in [-0.3, -0.25) is 9.59 Å². The van der Waals surface area contributed by atoms with Gasteiger partial charge in [0.2, 0.25) is 0 Å². The van der Waals surface area contributed by atoms with E-state index in [1.165, 1.54) is 13.8 Å². The Morgan fingerprint density at radius 2 is 0.880 bits per heavy atom. The molecule has 1 saturated heterocycles. The van der Waals surface area contributed by atoms with Crippen molar-refractivity contribution in [2.45, 2.75) is 140 Å². The van der Waals surface area contributed by atoms with Crippen molar-refractivity contribution in [2.24, 2.45) is 0 Å². The van der Waals surface area contributed by atoms with Crippen molar-refractivity contribution >= 4 is 18.1 Å². The van der Waals surface area contributed by atoms with Crippen LogP contribution in [0.5, 0.6) is 0 Å². The third-order valence-corrected chi connectivity index (χ3v) is 12.6. The molecule has 15 nitrogen and oxygen atoms in total. The molecule has 1 aliphatic heterocycles. The molecule has 11 atom stereocenters. The fourth-order valence-electron chi connectivity index (χ4n) is 9.06. The Morgan fingerprint density at radius 1 is 0.480 bits per heavy atom. The number of benzene rings is 5. The zero-order valence-electron chi connectivity index (χ0n) is 43.0. The maximum absolute atomic E-state index is 14.0. The van der Waals surface area contributed by atoms with Gasteiger partial charge in [-0.25, -0.2) is 4.79 Å². The lowest BCUT2D eigenvalue weighted by Crippen LogP contribution is -2.70. The largest absolute Gasteiger partial charge is 0.508 e. The van der Waals surface area contributed by atoms with E-state index in [9.17, 15) is 14.4 Å². The molecule has 1 heterocycles. The monoisotopic (exact) mass is 1030 g/mol. The van der Waals surface area contributed by atoms with E-state index in [1.807, 2.05) is 159 Å². The molecule has 5 aromatic carbocycles. The quantitative estimate of drug-likeness (QED) is 0.0201. The maximum atomic E-state index is 14.0. The summed E-state index contributed by atoms with van der Waals surface area (Å²) < 4.78 is 78.8. The number of esters is 2. The summed E-state index contributed by atoms with van der Waals surface area (Å²) >= 11 is 0. The summed E-state index contributed by atoms with van der Waals surface area (Å²) in [4.78, 5) is 41.0. The van der Waals surface area contributed by atoms with Crippen LogP contribution in [0.3, 0.4) is 0 Å². The Bertz CT molecular complexity index is 2430. The smallest absolute Gasteiger partial charge is 0.457 e. The van der Waals surface area contributed by atoms with Crippen molar-refractivity contribution in [1.29, 1.82) is 0 Å². The van der Waals surface area contributed by atoms with Gasteiger partial charge < -0.3 is 56.8 Å². The van der Waals surface area contributed by atoms with Crippen LogP contribution in [-0.4, -0.2) is 105 Å². The highest BCUT2D eigenvalue weighted by Gasteiger charge is 2.60. The van der Waals surface area contributed by atoms with E-state index in [0.29, 0.717) is 6.42 Å². The van der Waals surface area contributed by atoms with Crippen molar-refractivity contribution in [3.8, 4) is 0 Å². The molecule has 0 N–H and O–H groups in total. The van der Waals surface area contributed by atoms with E-state index >= 15 is 0 Å². The van der Waals surface area contributed by atoms with Gasteiger partial charge in [-0.2, -0.15) is 0 Å². The van der Waals surface area contributed by atoms with Gasteiger partial charge in [0, 0.05) is 13.8 Å². The molecule has 5 aromatic rings. The van der Waals surface area contributed by atoms with Crippen molar-refractivity contribution in [1.82, 2.24) is 0 Å². The van der Waals surface area contributed by atoms with E-state index in [-0.39, 0.29) is 52.9 Å². The van der Waals surface area contributed by atoms with Gasteiger partial charge in [0.15, 0.2) is 24.6 Å². The zero-order chi connectivity index (χ0) is 52.6. The Hall–Kier alpha value is -6.27. The van der Waals surface area contributed by atoms with Crippen LogP contribution in [-0.2, 0) is 99.5 Å². The molecule has 0 unspecified atom stereocenters. The van der Waals surface area contributed by atoms with E-state index in [1.54, 1.807) is 6.08 Å². The first-order valence-electron chi connectivity index (χ1n) is 25.7. The van der Waals surface area contributed by atoms with Gasteiger partial charge in [0.05, 0.1) is 52.9 Å². The number of unbranched alkanes of at least 4 members (excludes halogenated alkanes) is 2. The van der Waals surface area contributed by atoms with E-state index in [2.05, 4.69) is 6.58 Å². The van der Waals surface area contributed by atoms with Crippen LogP contribution in [0.1, 0.15) is 67.9 Å². The summed E-state index contributed by atoms with van der Waals surface area (Å²) in [6.07, 6.45) is -10.9. The third kappa shape index (κ3) is 17.4. The second-order valence-corrected chi connectivity index (χ2v) is 18.3. The molecule has 2 aliphatic rings. The predicted molar refractivity (Wildman–Crippen MR) is 276 cm³/mol. The van der Waals surface area contributed by atoms with Crippen molar-refractivity contribution in [3.63, 3.8) is 0 Å². The number of carbonyl (C=O) groups excluding carboxylic acids is 3. The van der Waals surface area contributed by atoms with Crippen LogP contribution in [0.2, 0.25) is 0 Å². The average Bonchev–Trinajstić information content (AvgIpc) is 3.43. The Morgan fingerprint density at radius 3 is 1.33 bits per heavy atom. The maximum Gasteiger partial charge on any atom is 0.508 e. The minimum atomic E-state index is -1.54. The van der Waals surface area contributed by atoms with E-state index in [0.717, 1.165) is 40.7 Å². The first-order chi connectivity index (χ1) is 36.7. The van der Waals surface area contributed by atoms with Gasteiger partial charge in [-0.05, 0) is 34.2 Å². The lowest BCUT2D eigenvalue weighted by molar-refractivity contribution is -0.354. The first kappa shape index (κ1) is 56.5. The SMILES string of the molecule is C=CCO[C@H]1[C@H](OCc2ccccc2)[C@@H](OCc2ccccc2)[C@H](OC(C)=O)[C@H](O[C@H]2O[C@H](COCc3ccccc3)[C@@H](OCc3ccccc3)[C@H](OCc3ccccc3)[C@@H]2OC(C)=O)[C@@H]1OC(=O)OCCCCC. The van der Waals surface area contributed by atoms with Crippen molar-refractivity contribution in [3.05, 3.63) is 192 Å². The highest BCUT2D eigenvalue weighted by molar-refractivity contribution is 5.67. The summed E-state index contributed by atoms with van der Waals surface area (Å²) in [5, 5.41) is 0. The van der Waals surface area contributed by atoms with Gasteiger partial charge >= 0.3 is 18.1 Å². The lowest BCUT2D eigenvalue weighted by atomic mass is 9.83. The number of rotatable bonds is 28. The molecule has 15 heteroatoms. The molecule has 1 saturated carbocycles. The summed E-state index contributed by atoms with van der Waals surface area (Å²) in [6, 6.07) is 47.7. The molecular formula is C60H70O15. The molecule has 2 fully saturated rings.